The molecular weight excluding hydrogens is 392 g/mol. The zero-order valence-electron chi connectivity index (χ0n) is 18.6. The normalized spacial score (nSPS) is 18.0. The number of hydrogen-bond donors (Lipinski definition) is 1. The Labute approximate surface area is 185 Å². The van der Waals surface area contributed by atoms with Gasteiger partial charge in [0.25, 0.3) is 5.91 Å². The van der Waals surface area contributed by atoms with Crippen LogP contribution in [0.4, 0.5) is 0 Å². The molecule has 1 saturated heterocycles. The molecule has 0 aliphatic carbocycles. The second kappa shape index (κ2) is 12.0. The number of morpholine rings is 1. The quantitative estimate of drug-likeness (QED) is 0.632. The Morgan fingerprint density at radius 2 is 1.97 bits per heavy atom. The summed E-state index contributed by atoms with van der Waals surface area (Å²) in [4.78, 5) is 17.1. The average molecular weight is 427 g/mol. The zero-order chi connectivity index (χ0) is 22.1. The summed E-state index contributed by atoms with van der Waals surface area (Å²) in [7, 11) is 1.64. The van der Waals surface area contributed by atoms with E-state index in [4.69, 9.17) is 9.47 Å². The lowest BCUT2D eigenvalue weighted by atomic mass is 10.1. The fraction of sp³-hybridized carbons (Fsp3) is 0.480. The van der Waals surface area contributed by atoms with Crippen molar-refractivity contribution in [2.24, 2.45) is 0 Å². The highest BCUT2D eigenvalue weighted by Crippen LogP contribution is 2.13. The van der Waals surface area contributed by atoms with Crippen molar-refractivity contribution in [1.82, 2.24) is 9.80 Å². The molecule has 2 aromatic rings. The molecule has 1 amide bonds. The van der Waals surface area contributed by atoms with E-state index < -0.39 is 6.10 Å². The van der Waals surface area contributed by atoms with Crippen LogP contribution in [0.15, 0.2) is 54.6 Å². The first kappa shape index (κ1) is 23.4. The fourth-order valence-electron chi connectivity index (χ4n) is 3.91. The minimum Gasteiger partial charge on any atom is -0.391 e. The molecule has 0 spiro atoms. The van der Waals surface area contributed by atoms with Crippen molar-refractivity contribution >= 4 is 5.91 Å². The predicted octanol–water partition coefficient (Wildman–Crippen LogP) is 2.39. The minimum absolute atomic E-state index is 0.0121. The summed E-state index contributed by atoms with van der Waals surface area (Å²) < 4.78 is 11.2. The third kappa shape index (κ3) is 7.43. The van der Waals surface area contributed by atoms with Crippen LogP contribution in [0.1, 0.15) is 21.5 Å². The van der Waals surface area contributed by atoms with Crippen LogP contribution in [0.2, 0.25) is 0 Å². The summed E-state index contributed by atoms with van der Waals surface area (Å²) in [6, 6.07) is 17.7. The van der Waals surface area contributed by atoms with Gasteiger partial charge in [-0.15, -0.1) is 0 Å². The summed E-state index contributed by atoms with van der Waals surface area (Å²) in [6.07, 6.45) is 0.109. The van der Waals surface area contributed by atoms with Crippen LogP contribution in [0.25, 0.3) is 0 Å². The third-order valence-electron chi connectivity index (χ3n) is 5.58. The van der Waals surface area contributed by atoms with Crippen molar-refractivity contribution < 1.29 is 19.4 Å². The molecule has 1 N–H and O–H groups in total. The second-order valence-corrected chi connectivity index (χ2v) is 8.21. The zero-order valence-corrected chi connectivity index (χ0v) is 18.6. The van der Waals surface area contributed by atoms with Crippen LogP contribution in [-0.4, -0.2) is 86.1 Å². The van der Waals surface area contributed by atoms with E-state index in [0.717, 1.165) is 17.7 Å². The van der Waals surface area contributed by atoms with Gasteiger partial charge in [-0.2, -0.15) is 0 Å². The first-order valence-electron chi connectivity index (χ1n) is 11.0. The highest BCUT2D eigenvalue weighted by Gasteiger charge is 2.26. The number of carbonyl (C=O) groups is 1. The Balaban J connectivity index is 1.56. The van der Waals surface area contributed by atoms with Crippen LogP contribution in [0.3, 0.4) is 0 Å². The molecule has 1 aliphatic heterocycles. The van der Waals surface area contributed by atoms with E-state index in [9.17, 15) is 9.90 Å². The van der Waals surface area contributed by atoms with E-state index >= 15 is 0 Å². The summed E-state index contributed by atoms with van der Waals surface area (Å²) >= 11 is 0. The van der Waals surface area contributed by atoms with Crippen molar-refractivity contribution in [3.63, 3.8) is 0 Å². The van der Waals surface area contributed by atoms with E-state index in [1.807, 2.05) is 66.4 Å². The van der Waals surface area contributed by atoms with E-state index in [1.165, 1.54) is 0 Å². The van der Waals surface area contributed by atoms with Crippen LogP contribution >= 0.6 is 0 Å². The van der Waals surface area contributed by atoms with Gasteiger partial charge in [0.15, 0.2) is 0 Å². The van der Waals surface area contributed by atoms with E-state index in [0.29, 0.717) is 51.4 Å². The topological polar surface area (TPSA) is 62.2 Å². The van der Waals surface area contributed by atoms with Crippen molar-refractivity contribution in [1.29, 1.82) is 0 Å². The van der Waals surface area contributed by atoms with Crippen LogP contribution in [0, 0.1) is 6.92 Å². The number of ether oxygens (including phenoxy) is 2. The van der Waals surface area contributed by atoms with Crippen molar-refractivity contribution in [3.05, 3.63) is 71.3 Å². The first-order valence-corrected chi connectivity index (χ1v) is 11.0. The lowest BCUT2D eigenvalue weighted by molar-refractivity contribution is -0.0515. The molecule has 0 bridgehead atoms. The molecule has 3 rings (SSSR count). The number of aliphatic hydroxyl groups is 1. The molecule has 0 aromatic heterocycles. The number of carbonyl (C=O) groups excluding carboxylic acids is 1. The third-order valence-corrected chi connectivity index (χ3v) is 5.58. The average Bonchev–Trinajstić information content (AvgIpc) is 2.77. The lowest BCUT2D eigenvalue weighted by Crippen LogP contribution is -2.51. The number of hydrogen-bond acceptors (Lipinski definition) is 5. The van der Waals surface area contributed by atoms with Gasteiger partial charge in [0, 0.05) is 45.4 Å². The molecule has 0 saturated carbocycles. The van der Waals surface area contributed by atoms with Crippen molar-refractivity contribution in [2.45, 2.75) is 25.6 Å². The number of β-amino-alcohol motifs (C(OH)–C–C–N with tert-alkyl or cyclic N) is 1. The lowest BCUT2D eigenvalue weighted by Gasteiger charge is -2.36. The maximum absolute atomic E-state index is 13.1. The summed E-state index contributed by atoms with van der Waals surface area (Å²) in [6.45, 7) is 6.17. The largest absolute Gasteiger partial charge is 0.391 e. The van der Waals surface area contributed by atoms with Gasteiger partial charge in [-0.3, -0.25) is 9.69 Å². The molecule has 1 heterocycles. The molecular formula is C25H34N2O4. The van der Waals surface area contributed by atoms with E-state index in [1.54, 1.807) is 7.11 Å². The molecule has 0 unspecified atom stereocenters. The Morgan fingerprint density at radius 1 is 1.23 bits per heavy atom. The number of nitrogens with zero attached hydrogens (tertiary/aromatic N) is 2. The number of methoxy groups -OCH3 is 1. The summed E-state index contributed by atoms with van der Waals surface area (Å²) in [5.41, 5.74) is 2.93. The summed E-state index contributed by atoms with van der Waals surface area (Å²) in [5.74, 6) is -0.0121. The van der Waals surface area contributed by atoms with Crippen LogP contribution < -0.4 is 0 Å². The van der Waals surface area contributed by atoms with Gasteiger partial charge in [-0.25, -0.2) is 0 Å². The second-order valence-electron chi connectivity index (χ2n) is 8.21. The molecule has 6 nitrogen and oxygen atoms in total. The Hall–Kier alpha value is -2.25. The van der Waals surface area contributed by atoms with Crippen molar-refractivity contribution in [2.75, 3.05) is 53.0 Å². The SMILES string of the molecule is COCCN(C[C@@H]1CN(C[C@@H](O)Cc2ccccc2)CCO1)C(=O)c1ccc(C)cc1. The first-order chi connectivity index (χ1) is 15.0. The highest BCUT2D eigenvalue weighted by molar-refractivity contribution is 5.94. The Morgan fingerprint density at radius 3 is 2.68 bits per heavy atom. The maximum atomic E-state index is 13.1. The number of rotatable bonds is 10. The molecule has 2 aromatic carbocycles. The van der Waals surface area contributed by atoms with Crippen LogP contribution in [0.5, 0.6) is 0 Å². The standard InChI is InChI=1S/C25H34N2O4/c1-20-8-10-22(11-9-20)25(29)27(13-14-30-2)19-24-18-26(12-15-31-24)17-23(28)16-21-6-4-3-5-7-21/h3-11,23-24,28H,12-19H2,1-2H3/t23-,24-/m0/s1. The van der Waals surface area contributed by atoms with Crippen LogP contribution in [-0.2, 0) is 15.9 Å². The molecule has 2 atom stereocenters. The molecule has 0 radical (unpaired) electrons. The molecule has 168 valence electrons. The van der Waals surface area contributed by atoms with Gasteiger partial charge in [0.2, 0.25) is 0 Å². The van der Waals surface area contributed by atoms with Gasteiger partial charge in [-0.05, 0) is 31.0 Å². The van der Waals surface area contributed by atoms with Gasteiger partial charge in [-0.1, -0.05) is 48.0 Å². The summed E-state index contributed by atoms with van der Waals surface area (Å²) in [5, 5.41) is 10.5. The molecule has 1 fully saturated rings. The van der Waals surface area contributed by atoms with Gasteiger partial charge in [0.1, 0.15) is 0 Å². The predicted molar refractivity (Wildman–Crippen MR) is 121 cm³/mol. The van der Waals surface area contributed by atoms with Gasteiger partial charge < -0.3 is 19.5 Å². The Bertz CT molecular complexity index is 797. The van der Waals surface area contributed by atoms with Gasteiger partial charge in [0.05, 0.1) is 25.4 Å². The monoisotopic (exact) mass is 426 g/mol. The van der Waals surface area contributed by atoms with Gasteiger partial charge >= 0.3 is 0 Å². The van der Waals surface area contributed by atoms with E-state index in [-0.39, 0.29) is 12.0 Å². The minimum atomic E-state index is -0.431. The van der Waals surface area contributed by atoms with Crippen molar-refractivity contribution in [3.8, 4) is 0 Å². The number of aryl methyl sites for hydroxylation is 1. The number of aliphatic hydroxyl groups excluding tert-OH is 1. The molecule has 1 aliphatic rings. The maximum Gasteiger partial charge on any atom is 0.254 e. The molecule has 31 heavy (non-hydrogen) atoms. The number of benzene rings is 2. The highest BCUT2D eigenvalue weighted by atomic mass is 16.5. The molecule has 6 heteroatoms. The smallest absolute Gasteiger partial charge is 0.254 e. The number of amides is 1. The van der Waals surface area contributed by atoms with E-state index in [2.05, 4.69) is 4.90 Å². The Kier molecular flexibility index (Phi) is 9.03. The fourth-order valence-corrected chi connectivity index (χ4v) is 3.91.